The molecule has 1 aromatic rings. The molecular formula is C24H36N4. The highest BCUT2D eigenvalue weighted by Crippen LogP contribution is 2.59. The van der Waals surface area contributed by atoms with E-state index in [-0.39, 0.29) is 0 Å². The van der Waals surface area contributed by atoms with Gasteiger partial charge in [0.1, 0.15) is 5.84 Å². The van der Waals surface area contributed by atoms with Gasteiger partial charge in [-0.3, -0.25) is 5.41 Å². The molecule has 1 atom stereocenters. The first-order chi connectivity index (χ1) is 13.3. The second kappa shape index (κ2) is 8.60. The number of rotatable bonds is 7. The molecule has 1 unspecified atom stereocenters. The predicted molar refractivity (Wildman–Crippen MR) is 118 cm³/mol. The van der Waals surface area contributed by atoms with Crippen LogP contribution in [-0.2, 0) is 0 Å². The normalized spacial score (nSPS) is 21.8. The summed E-state index contributed by atoms with van der Waals surface area (Å²) in [6.07, 6.45) is 8.62. The number of allylic oxidation sites excluding steroid dienone is 1. The van der Waals surface area contributed by atoms with Crippen molar-refractivity contribution in [3.8, 4) is 0 Å². The van der Waals surface area contributed by atoms with E-state index < -0.39 is 0 Å². The van der Waals surface area contributed by atoms with Gasteiger partial charge in [0.2, 0.25) is 0 Å². The molecule has 0 bridgehead atoms. The minimum atomic E-state index is 0.408. The van der Waals surface area contributed by atoms with E-state index in [4.69, 9.17) is 10.8 Å². The van der Waals surface area contributed by atoms with Crippen molar-refractivity contribution in [1.82, 2.24) is 10.2 Å². The molecule has 152 valence electrons. The minimum Gasteiger partial charge on any atom is -0.370 e. The molecule has 1 aromatic carbocycles. The van der Waals surface area contributed by atoms with Gasteiger partial charge in [0.15, 0.2) is 0 Å². The first-order valence-electron chi connectivity index (χ1n) is 10.6. The van der Waals surface area contributed by atoms with E-state index in [2.05, 4.69) is 31.0 Å². The number of likely N-dealkylation sites (tertiary alicyclic amines) is 1. The lowest BCUT2D eigenvalue weighted by atomic mass is 9.88. The SMILES string of the molecule is CC(C)(C)CCN1CCC2(CC1)CC2CNC(=N)/C=C\C(=N)c1ccccc1. The van der Waals surface area contributed by atoms with Crippen LogP contribution in [0.2, 0.25) is 0 Å². The third kappa shape index (κ3) is 5.78. The van der Waals surface area contributed by atoms with Crippen LogP contribution in [0.5, 0.6) is 0 Å². The molecule has 1 aliphatic heterocycles. The highest BCUT2D eigenvalue weighted by atomic mass is 15.1. The fraction of sp³-hybridized carbons (Fsp3) is 0.583. The Morgan fingerprint density at radius 1 is 1.14 bits per heavy atom. The summed E-state index contributed by atoms with van der Waals surface area (Å²) in [6.45, 7) is 11.6. The number of amidine groups is 1. The zero-order chi connectivity index (χ0) is 20.2. The Labute approximate surface area is 170 Å². The molecule has 1 heterocycles. The molecule has 3 N–H and O–H groups in total. The van der Waals surface area contributed by atoms with Gasteiger partial charge in [-0.25, -0.2) is 0 Å². The molecule has 1 spiro atoms. The van der Waals surface area contributed by atoms with Crippen molar-refractivity contribution >= 4 is 11.5 Å². The summed E-state index contributed by atoms with van der Waals surface area (Å²) >= 11 is 0. The van der Waals surface area contributed by atoms with Crippen molar-refractivity contribution in [2.45, 2.75) is 46.5 Å². The lowest BCUT2D eigenvalue weighted by Gasteiger charge is -2.34. The van der Waals surface area contributed by atoms with Gasteiger partial charge in [0.25, 0.3) is 0 Å². The third-order valence-corrected chi connectivity index (χ3v) is 6.43. The number of hydrogen-bond acceptors (Lipinski definition) is 3. The Kier molecular flexibility index (Phi) is 6.39. The monoisotopic (exact) mass is 380 g/mol. The van der Waals surface area contributed by atoms with Gasteiger partial charge in [-0.05, 0) is 79.8 Å². The maximum atomic E-state index is 8.11. The molecule has 1 saturated heterocycles. The van der Waals surface area contributed by atoms with Crippen LogP contribution in [0.3, 0.4) is 0 Å². The van der Waals surface area contributed by atoms with Crippen molar-refractivity contribution in [2.24, 2.45) is 16.7 Å². The zero-order valence-electron chi connectivity index (χ0n) is 17.7. The summed E-state index contributed by atoms with van der Waals surface area (Å²) in [4.78, 5) is 2.64. The highest BCUT2D eigenvalue weighted by molar-refractivity contribution is 6.09. The maximum absolute atomic E-state index is 8.11. The summed E-state index contributed by atoms with van der Waals surface area (Å²) in [7, 11) is 0. The van der Waals surface area contributed by atoms with Gasteiger partial charge < -0.3 is 15.6 Å². The van der Waals surface area contributed by atoms with E-state index in [1.165, 1.54) is 45.3 Å². The van der Waals surface area contributed by atoms with Crippen LogP contribution in [0.15, 0.2) is 42.5 Å². The number of piperidine rings is 1. The van der Waals surface area contributed by atoms with Crippen molar-refractivity contribution in [1.29, 1.82) is 10.8 Å². The Bertz CT molecular complexity index is 706. The van der Waals surface area contributed by atoms with Crippen LogP contribution in [0.4, 0.5) is 0 Å². The van der Waals surface area contributed by atoms with Gasteiger partial charge in [-0.2, -0.15) is 0 Å². The molecule has 4 heteroatoms. The molecule has 2 fully saturated rings. The molecule has 0 aromatic heterocycles. The average Bonchev–Trinajstić information content (AvgIpc) is 3.36. The van der Waals surface area contributed by atoms with Gasteiger partial charge >= 0.3 is 0 Å². The molecule has 0 radical (unpaired) electrons. The fourth-order valence-electron chi connectivity index (χ4n) is 4.22. The lowest BCUT2D eigenvalue weighted by Crippen LogP contribution is -2.37. The average molecular weight is 381 g/mol. The minimum absolute atomic E-state index is 0.408. The zero-order valence-corrected chi connectivity index (χ0v) is 17.7. The van der Waals surface area contributed by atoms with E-state index in [0.717, 1.165) is 12.1 Å². The summed E-state index contributed by atoms with van der Waals surface area (Å²) < 4.78 is 0. The molecule has 3 rings (SSSR count). The molecule has 1 saturated carbocycles. The van der Waals surface area contributed by atoms with Crippen LogP contribution in [0.1, 0.15) is 52.0 Å². The van der Waals surface area contributed by atoms with Crippen LogP contribution >= 0.6 is 0 Å². The Morgan fingerprint density at radius 3 is 2.46 bits per heavy atom. The third-order valence-electron chi connectivity index (χ3n) is 6.43. The fourth-order valence-corrected chi connectivity index (χ4v) is 4.22. The number of nitrogens with one attached hydrogen (secondary N) is 3. The standard InChI is InChI=1S/C24H36N4/c1-23(2,3)11-14-28-15-12-24(13-16-28)17-20(24)18-27-22(26)10-9-21(25)19-7-5-4-6-8-19/h4-10,20,25H,11-18H2,1-3H3,(H2,26,27)/b10-9-,25-21?. The molecule has 0 amide bonds. The van der Waals surface area contributed by atoms with E-state index in [1.54, 1.807) is 12.2 Å². The van der Waals surface area contributed by atoms with Crippen LogP contribution in [0.25, 0.3) is 0 Å². The topological polar surface area (TPSA) is 63.0 Å². The van der Waals surface area contributed by atoms with Crippen molar-refractivity contribution in [3.63, 3.8) is 0 Å². The summed E-state index contributed by atoms with van der Waals surface area (Å²) in [5, 5.41) is 19.5. The molecule has 1 aliphatic carbocycles. The quantitative estimate of drug-likeness (QED) is 0.473. The largest absolute Gasteiger partial charge is 0.370 e. The first kappa shape index (κ1) is 20.8. The van der Waals surface area contributed by atoms with Crippen molar-refractivity contribution < 1.29 is 0 Å². The van der Waals surface area contributed by atoms with Gasteiger partial charge in [-0.1, -0.05) is 51.1 Å². The van der Waals surface area contributed by atoms with Crippen LogP contribution in [-0.4, -0.2) is 42.6 Å². The van der Waals surface area contributed by atoms with Gasteiger partial charge in [0, 0.05) is 6.54 Å². The molecule has 2 aliphatic rings. The van der Waals surface area contributed by atoms with E-state index in [9.17, 15) is 0 Å². The second-order valence-electron chi connectivity index (χ2n) is 9.82. The summed E-state index contributed by atoms with van der Waals surface area (Å²) in [5.74, 6) is 1.12. The van der Waals surface area contributed by atoms with Crippen molar-refractivity contribution in [2.75, 3.05) is 26.2 Å². The van der Waals surface area contributed by atoms with Crippen molar-refractivity contribution in [3.05, 3.63) is 48.0 Å². The highest BCUT2D eigenvalue weighted by Gasteiger charge is 2.54. The summed E-state index contributed by atoms with van der Waals surface area (Å²) in [6, 6.07) is 9.66. The Hall–Kier alpha value is -1.94. The van der Waals surface area contributed by atoms with Crippen LogP contribution < -0.4 is 5.32 Å². The van der Waals surface area contributed by atoms with E-state index in [0.29, 0.717) is 28.3 Å². The smallest absolute Gasteiger partial charge is 0.118 e. The van der Waals surface area contributed by atoms with E-state index in [1.807, 2.05) is 30.3 Å². The Balaban J connectivity index is 1.36. The number of hydrogen-bond donors (Lipinski definition) is 3. The lowest BCUT2D eigenvalue weighted by molar-refractivity contribution is 0.146. The maximum Gasteiger partial charge on any atom is 0.118 e. The molecular weight excluding hydrogens is 344 g/mol. The number of nitrogens with zero attached hydrogens (tertiary/aromatic N) is 1. The number of benzene rings is 1. The predicted octanol–water partition coefficient (Wildman–Crippen LogP) is 4.72. The molecule has 28 heavy (non-hydrogen) atoms. The molecule has 4 nitrogen and oxygen atoms in total. The first-order valence-corrected chi connectivity index (χ1v) is 10.6. The van der Waals surface area contributed by atoms with Crippen LogP contribution in [0, 0.1) is 27.6 Å². The Morgan fingerprint density at radius 2 is 1.82 bits per heavy atom. The van der Waals surface area contributed by atoms with Gasteiger partial charge in [0.05, 0.1) is 5.71 Å². The summed E-state index contributed by atoms with van der Waals surface area (Å²) in [5.41, 5.74) is 2.28. The van der Waals surface area contributed by atoms with E-state index >= 15 is 0 Å². The second-order valence-corrected chi connectivity index (χ2v) is 9.82. The van der Waals surface area contributed by atoms with Gasteiger partial charge in [-0.15, -0.1) is 0 Å².